The summed E-state index contributed by atoms with van der Waals surface area (Å²) in [5, 5.41) is 20.3. The molecule has 0 aromatic carbocycles. The minimum atomic E-state index is -0.422. The zero-order chi connectivity index (χ0) is 24.7. The van der Waals surface area contributed by atoms with Gasteiger partial charge in [-0.2, -0.15) is 5.10 Å². The minimum absolute atomic E-state index is 0.0762. The molecule has 4 aliphatic rings. The van der Waals surface area contributed by atoms with Gasteiger partial charge in [-0.15, -0.1) is 0 Å². The monoisotopic (exact) mass is 476 g/mol. The van der Waals surface area contributed by atoms with Crippen LogP contribution in [0.15, 0.2) is 6.20 Å². The summed E-state index contributed by atoms with van der Waals surface area (Å²) >= 11 is 0. The highest BCUT2D eigenvalue weighted by atomic mass is 17.1. The lowest BCUT2D eigenvalue weighted by Crippen LogP contribution is -2.62. The Morgan fingerprint density at radius 3 is 2.53 bits per heavy atom. The number of nitrogens with one attached hydrogen (secondary N) is 2. The summed E-state index contributed by atoms with van der Waals surface area (Å²) in [5.41, 5.74) is -0.380. The van der Waals surface area contributed by atoms with Crippen LogP contribution in [0.1, 0.15) is 83.5 Å². The van der Waals surface area contributed by atoms with Crippen LogP contribution >= 0.6 is 0 Å². The van der Waals surface area contributed by atoms with Gasteiger partial charge in [0.2, 0.25) is 11.8 Å². The van der Waals surface area contributed by atoms with E-state index in [1.165, 1.54) is 6.92 Å². The van der Waals surface area contributed by atoms with Gasteiger partial charge in [0.25, 0.3) is 5.91 Å². The molecule has 9 heteroatoms. The second-order valence-corrected chi connectivity index (χ2v) is 11.8. The molecule has 1 aromatic heterocycles. The number of hydrogen-bond acceptors (Lipinski definition) is 6. The molecule has 4 fully saturated rings. The second kappa shape index (κ2) is 9.49. The molecule has 0 aliphatic heterocycles. The third-order valence-corrected chi connectivity index (χ3v) is 7.76. The third-order valence-electron chi connectivity index (χ3n) is 7.76. The van der Waals surface area contributed by atoms with E-state index in [0.29, 0.717) is 54.7 Å². The van der Waals surface area contributed by atoms with Crippen LogP contribution in [0.2, 0.25) is 0 Å². The highest BCUT2D eigenvalue weighted by molar-refractivity contribution is 5.96. The van der Waals surface area contributed by atoms with Crippen molar-refractivity contribution in [3.05, 3.63) is 11.8 Å². The molecule has 1 heterocycles. The molecule has 0 spiro atoms. The minimum Gasteiger partial charge on any atom is -0.477 e. The van der Waals surface area contributed by atoms with Crippen LogP contribution in [0.25, 0.3) is 0 Å². The van der Waals surface area contributed by atoms with E-state index in [4.69, 9.17) is 9.62 Å². The van der Waals surface area contributed by atoms with Crippen LogP contribution in [0.5, 0.6) is 5.88 Å². The topological polar surface area (TPSA) is 115 Å². The molecule has 4 saturated carbocycles. The van der Waals surface area contributed by atoms with E-state index in [2.05, 4.69) is 29.6 Å². The van der Waals surface area contributed by atoms with Gasteiger partial charge >= 0.3 is 0 Å². The standard InChI is InChI=1S/C25H40N4O5/c1-15(2)14-33-23-20(13-26-29(23)7-6-24(4,5)28-16(3)30)22(31)27-21-18-8-17-9-19(21)12-25(10-17,11-18)34-32/h13,15,17-19,21,32H,6-12,14H2,1-5H3,(H,27,31)(H,28,30)/t17?,18?,19?,21-,25-. The van der Waals surface area contributed by atoms with Crippen molar-refractivity contribution < 1.29 is 24.5 Å². The summed E-state index contributed by atoms with van der Waals surface area (Å²) in [4.78, 5) is 29.9. The van der Waals surface area contributed by atoms with Gasteiger partial charge in [-0.05, 0) is 76.0 Å². The van der Waals surface area contributed by atoms with Crippen LogP contribution in [-0.2, 0) is 16.2 Å². The first kappa shape index (κ1) is 25.0. The Hall–Kier alpha value is -2.13. The Labute approximate surface area is 201 Å². The van der Waals surface area contributed by atoms with Crippen molar-refractivity contribution in [1.29, 1.82) is 0 Å². The predicted octanol–water partition coefficient (Wildman–Crippen LogP) is 3.39. The SMILES string of the molecule is CC(=O)NC(C)(C)CCn1ncc(C(=O)N[C@H]2C3CC4CC2C[C@](OO)(C4)C3)c1OCC(C)C. The number of carbonyl (C=O) groups is 2. The third kappa shape index (κ3) is 5.25. The molecule has 5 rings (SSSR count). The van der Waals surface area contributed by atoms with E-state index in [1.807, 2.05) is 13.8 Å². The van der Waals surface area contributed by atoms with Crippen LogP contribution in [-0.4, -0.2) is 50.6 Å². The first-order valence-corrected chi connectivity index (χ1v) is 12.6. The van der Waals surface area contributed by atoms with Crippen LogP contribution < -0.4 is 15.4 Å². The average Bonchev–Trinajstić information content (AvgIpc) is 3.15. The largest absolute Gasteiger partial charge is 0.477 e. The predicted molar refractivity (Wildman–Crippen MR) is 126 cm³/mol. The summed E-state index contributed by atoms with van der Waals surface area (Å²) in [7, 11) is 0. The quantitative estimate of drug-likeness (QED) is 0.352. The fraction of sp³-hybridized carbons (Fsp3) is 0.800. The Morgan fingerprint density at radius 2 is 1.94 bits per heavy atom. The maximum atomic E-state index is 13.4. The fourth-order valence-electron chi connectivity index (χ4n) is 6.54. The van der Waals surface area contributed by atoms with Crippen molar-refractivity contribution in [1.82, 2.24) is 20.4 Å². The molecule has 34 heavy (non-hydrogen) atoms. The van der Waals surface area contributed by atoms with Crippen molar-refractivity contribution in [3.8, 4) is 5.88 Å². The summed E-state index contributed by atoms with van der Waals surface area (Å²) in [6.45, 7) is 10.6. The molecule has 2 atom stereocenters. The van der Waals surface area contributed by atoms with Crippen LogP contribution in [0.3, 0.4) is 0 Å². The summed E-state index contributed by atoms with van der Waals surface area (Å²) in [6.07, 6.45) is 6.87. The number of amides is 2. The Kier molecular flexibility index (Phi) is 6.97. The highest BCUT2D eigenvalue weighted by Crippen LogP contribution is 2.57. The lowest BCUT2D eigenvalue weighted by atomic mass is 9.52. The van der Waals surface area contributed by atoms with Gasteiger partial charge in [-0.25, -0.2) is 9.57 Å². The molecule has 0 radical (unpaired) electrons. The molecule has 4 bridgehead atoms. The van der Waals surface area contributed by atoms with Crippen LogP contribution in [0.4, 0.5) is 0 Å². The molecule has 4 aliphatic carbocycles. The first-order valence-electron chi connectivity index (χ1n) is 12.6. The molecule has 1 aromatic rings. The number of ether oxygens (including phenoxy) is 1. The Balaban J connectivity index is 1.48. The highest BCUT2D eigenvalue weighted by Gasteiger charge is 2.57. The van der Waals surface area contributed by atoms with E-state index >= 15 is 0 Å². The number of aryl methyl sites for hydroxylation is 1. The fourth-order valence-corrected chi connectivity index (χ4v) is 6.54. The van der Waals surface area contributed by atoms with Gasteiger partial charge in [0.15, 0.2) is 0 Å². The maximum absolute atomic E-state index is 13.4. The van der Waals surface area contributed by atoms with E-state index in [0.717, 1.165) is 32.1 Å². The van der Waals surface area contributed by atoms with Gasteiger partial charge in [-0.3, -0.25) is 14.8 Å². The number of hydrogen-bond donors (Lipinski definition) is 3. The summed E-state index contributed by atoms with van der Waals surface area (Å²) in [6, 6.07) is 0.0762. The summed E-state index contributed by atoms with van der Waals surface area (Å²) < 4.78 is 7.81. The zero-order valence-electron chi connectivity index (χ0n) is 21.1. The van der Waals surface area contributed by atoms with Gasteiger partial charge in [0.05, 0.1) is 12.8 Å². The lowest BCUT2D eigenvalue weighted by molar-refractivity contribution is -0.357. The number of nitrogens with zero attached hydrogens (tertiary/aromatic N) is 2. The van der Waals surface area contributed by atoms with Crippen LogP contribution in [0, 0.1) is 23.7 Å². The van der Waals surface area contributed by atoms with Gasteiger partial charge < -0.3 is 15.4 Å². The Bertz CT molecular complexity index is 895. The van der Waals surface area contributed by atoms with Crippen molar-refractivity contribution in [2.45, 2.75) is 96.9 Å². The molecular weight excluding hydrogens is 436 g/mol. The zero-order valence-corrected chi connectivity index (χ0v) is 21.1. The number of rotatable bonds is 10. The van der Waals surface area contributed by atoms with Crippen molar-refractivity contribution in [2.75, 3.05) is 6.61 Å². The van der Waals surface area contributed by atoms with Crippen molar-refractivity contribution in [3.63, 3.8) is 0 Å². The van der Waals surface area contributed by atoms with E-state index < -0.39 is 11.1 Å². The molecular formula is C25H40N4O5. The maximum Gasteiger partial charge on any atom is 0.258 e. The normalized spacial score (nSPS) is 30.0. The molecule has 2 unspecified atom stereocenters. The van der Waals surface area contributed by atoms with Gasteiger partial charge in [-0.1, -0.05) is 13.8 Å². The van der Waals surface area contributed by atoms with Gasteiger partial charge in [0, 0.05) is 25.0 Å². The number of aromatic nitrogens is 2. The number of carbonyl (C=O) groups excluding carboxylic acids is 2. The molecule has 3 N–H and O–H groups in total. The summed E-state index contributed by atoms with van der Waals surface area (Å²) in [5.74, 6) is 1.73. The lowest BCUT2D eigenvalue weighted by Gasteiger charge is -2.58. The first-order chi connectivity index (χ1) is 16.0. The molecule has 0 saturated heterocycles. The van der Waals surface area contributed by atoms with Crippen molar-refractivity contribution in [2.24, 2.45) is 23.7 Å². The van der Waals surface area contributed by atoms with E-state index in [-0.39, 0.29) is 17.9 Å². The smallest absolute Gasteiger partial charge is 0.258 e. The Morgan fingerprint density at radius 1 is 1.26 bits per heavy atom. The van der Waals surface area contributed by atoms with Gasteiger partial charge in [0.1, 0.15) is 11.2 Å². The van der Waals surface area contributed by atoms with E-state index in [1.54, 1.807) is 10.9 Å². The van der Waals surface area contributed by atoms with Crippen molar-refractivity contribution >= 4 is 11.8 Å². The second-order valence-electron chi connectivity index (χ2n) is 11.8. The molecule has 190 valence electrons. The molecule has 2 amide bonds. The van der Waals surface area contributed by atoms with E-state index in [9.17, 15) is 14.8 Å². The average molecular weight is 477 g/mol. The molecule has 9 nitrogen and oxygen atoms in total.